The molecule has 2 atom stereocenters. The molecule has 0 N–H and O–H groups in total. The average Bonchev–Trinajstić information content (AvgIpc) is 3.21. The zero-order valence-electron chi connectivity index (χ0n) is 18.2. The summed E-state index contributed by atoms with van der Waals surface area (Å²) in [4.78, 5) is 20.6. The van der Waals surface area contributed by atoms with Crippen LogP contribution in [0.2, 0.25) is 0 Å². The lowest BCUT2D eigenvalue weighted by molar-refractivity contribution is -0.134. The SMILES string of the molecule is C=CCCCCCCC[C@@H](C=C)[C@H](C(=O)N1CCCCC1)c1nc2ccccc2s1. The molecule has 0 aliphatic carbocycles. The molecule has 3 nitrogen and oxygen atoms in total. The molecule has 1 fully saturated rings. The summed E-state index contributed by atoms with van der Waals surface area (Å²) in [7, 11) is 0. The Bertz CT molecular complexity index is 788. The number of rotatable bonds is 12. The van der Waals surface area contributed by atoms with Gasteiger partial charge in [-0.2, -0.15) is 0 Å². The van der Waals surface area contributed by atoms with E-state index in [0.29, 0.717) is 0 Å². The van der Waals surface area contributed by atoms with E-state index in [0.717, 1.165) is 60.4 Å². The van der Waals surface area contributed by atoms with E-state index in [-0.39, 0.29) is 17.7 Å². The van der Waals surface area contributed by atoms with Gasteiger partial charge < -0.3 is 4.90 Å². The highest BCUT2D eigenvalue weighted by Gasteiger charge is 2.34. The molecule has 0 spiro atoms. The van der Waals surface area contributed by atoms with Gasteiger partial charge in [0.15, 0.2) is 0 Å². The van der Waals surface area contributed by atoms with Gasteiger partial charge in [0.25, 0.3) is 0 Å². The molecule has 0 saturated carbocycles. The monoisotopic (exact) mass is 424 g/mol. The van der Waals surface area contributed by atoms with Crippen molar-refractivity contribution in [3.8, 4) is 0 Å². The Labute approximate surface area is 185 Å². The van der Waals surface area contributed by atoms with Crippen LogP contribution in [0.4, 0.5) is 0 Å². The Morgan fingerprint density at radius 1 is 1.07 bits per heavy atom. The maximum absolute atomic E-state index is 13.6. The van der Waals surface area contributed by atoms with Gasteiger partial charge in [-0.05, 0) is 56.6 Å². The van der Waals surface area contributed by atoms with Crippen molar-refractivity contribution in [2.24, 2.45) is 5.92 Å². The number of allylic oxidation sites excluding steroid dienone is 2. The fraction of sp³-hybridized carbons (Fsp3) is 0.538. The van der Waals surface area contributed by atoms with Crippen LogP contribution in [0.5, 0.6) is 0 Å². The van der Waals surface area contributed by atoms with Gasteiger partial charge in [-0.25, -0.2) is 4.98 Å². The van der Waals surface area contributed by atoms with Gasteiger partial charge in [-0.3, -0.25) is 4.79 Å². The van der Waals surface area contributed by atoms with E-state index >= 15 is 0 Å². The van der Waals surface area contributed by atoms with E-state index < -0.39 is 0 Å². The first-order chi connectivity index (χ1) is 14.7. The van der Waals surface area contributed by atoms with Crippen LogP contribution in [-0.4, -0.2) is 28.9 Å². The van der Waals surface area contributed by atoms with Crippen LogP contribution >= 0.6 is 11.3 Å². The molecule has 1 aliphatic heterocycles. The number of unbranched alkanes of at least 4 members (excludes halogenated alkanes) is 5. The number of benzene rings is 1. The second-order valence-electron chi connectivity index (χ2n) is 8.42. The van der Waals surface area contributed by atoms with Crippen LogP contribution < -0.4 is 0 Å². The molecule has 1 saturated heterocycles. The van der Waals surface area contributed by atoms with E-state index in [4.69, 9.17) is 4.98 Å². The first-order valence-electron chi connectivity index (χ1n) is 11.6. The van der Waals surface area contributed by atoms with Crippen LogP contribution in [0, 0.1) is 5.92 Å². The second-order valence-corrected chi connectivity index (χ2v) is 9.48. The number of fused-ring (bicyclic) bond motifs is 1. The predicted octanol–water partition coefficient (Wildman–Crippen LogP) is 7.11. The molecule has 1 aromatic heterocycles. The Morgan fingerprint density at radius 3 is 2.53 bits per heavy atom. The third-order valence-corrected chi connectivity index (χ3v) is 7.31. The molecule has 2 aromatic rings. The Balaban J connectivity index is 1.72. The second kappa shape index (κ2) is 12.0. The maximum Gasteiger partial charge on any atom is 0.233 e. The molecular formula is C26H36N2OS. The fourth-order valence-corrected chi connectivity index (χ4v) is 5.56. The molecule has 0 unspecified atom stereocenters. The van der Waals surface area contributed by atoms with Crippen molar-refractivity contribution < 1.29 is 4.79 Å². The number of piperidine rings is 1. The van der Waals surface area contributed by atoms with Crippen LogP contribution in [0.1, 0.15) is 75.1 Å². The minimum atomic E-state index is -0.196. The minimum Gasteiger partial charge on any atom is -0.342 e. The number of carbonyl (C=O) groups excluding carboxylic acids is 1. The van der Waals surface area contributed by atoms with Crippen molar-refractivity contribution in [1.29, 1.82) is 0 Å². The van der Waals surface area contributed by atoms with Gasteiger partial charge in [0.1, 0.15) is 5.01 Å². The van der Waals surface area contributed by atoms with Crippen molar-refractivity contribution in [2.45, 2.75) is 70.1 Å². The summed E-state index contributed by atoms with van der Waals surface area (Å²) in [6.07, 6.45) is 15.7. The fourth-order valence-electron chi connectivity index (χ4n) is 4.43. The number of carbonyl (C=O) groups is 1. The van der Waals surface area contributed by atoms with Crippen molar-refractivity contribution in [3.05, 3.63) is 54.6 Å². The molecule has 4 heteroatoms. The van der Waals surface area contributed by atoms with E-state index in [1.165, 1.54) is 32.1 Å². The molecular weight excluding hydrogens is 388 g/mol. The van der Waals surface area contributed by atoms with E-state index in [9.17, 15) is 4.79 Å². The van der Waals surface area contributed by atoms with Crippen molar-refractivity contribution >= 4 is 27.5 Å². The van der Waals surface area contributed by atoms with Crippen LogP contribution in [0.3, 0.4) is 0 Å². The number of hydrogen-bond acceptors (Lipinski definition) is 3. The lowest BCUT2D eigenvalue weighted by Gasteiger charge is -2.32. The Hall–Kier alpha value is -1.94. The van der Waals surface area contributed by atoms with E-state index in [2.05, 4.69) is 24.1 Å². The number of likely N-dealkylation sites (tertiary alicyclic amines) is 1. The molecule has 0 radical (unpaired) electrons. The van der Waals surface area contributed by atoms with Crippen LogP contribution in [-0.2, 0) is 4.79 Å². The topological polar surface area (TPSA) is 33.2 Å². The smallest absolute Gasteiger partial charge is 0.233 e. The summed E-state index contributed by atoms with van der Waals surface area (Å²) in [6, 6.07) is 8.21. The normalized spacial score (nSPS) is 16.3. The molecule has 1 amide bonds. The summed E-state index contributed by atoms with van der Waals surface area (Å²) in [6.45, 7) is 9.68. The first-order valence-corrected chi connectivity index (χ1v) is 12.4. The molecule has 1 aliphatic rings. The quantitative estimate of drug-likeness (QED) is 0.269. The molecule has 162 valence electrons. The summed E-state index contributed by atoms with van der Waals surface area (Å²) in [5, 5.41) is 0.961. The number of aromatic nitrogens is 1. The molecule has 30 heavy (non-hydrogen) atoms. The summed E-state index contributed by atoms with van der Waals surface area (Å²) < 4.78 is 1.16. The largest absolute Gasteiger partial charge is 0.342 e. The van der Waals surface area contributed by atoms with Gasteiger partial charge >= 0.3 is 0 Å². The van der Waals surface area contributed by atoms with Crippen LogP contribution in [0.25, 0.3) is 10.2 Å². The molecule has 2 heterocycles. The van der Waals surface area contributed by atoms with E-state index in [1.54, 1.807) is 11.3 Å². The molecule has 0 bridgehead atoms. The lowest BCUT2D eigenvalue weighted by atomic mass is 9.86. The maximum atomic E-state index is 13.6. The minimum absolute atomic E-state index is 0.146. The third kappa shape index (κ3) is 6.04. The number of para-hydroxylation sites is 1. The highest BCUT2D eigenvalue weighted by atomic mass is 32.1. The van der Waals surface area contributed by atoms with Crippen molar-refractivity contribution in [1.82, 2.24) is 9.88 Å². The summed E-state index contributed by atoms with van der Waals surface area (Å²) in [5.74, 6) is 0.205. The van der Waals surface area contributed by atoms with Crippen LogP contribution in [0.15, 0.2) is 49.6 Å². The Kier molecular flexibility index (Phi) is 9.13. The molecule has 1 aromatic carbocycles. The predicted molar refractivity (Wildman–Crippen MR) is 129 cm³/mol. The summed E-state index contributed by atoms with van der Waals surface area (Å²) >= 11 is 1.68. The van der Waals surface area contributed by atoms with Gasteiger partial charge in [0.05, 0.1) is 16.1 Å². The number of nitrogens with zero attached hydrogens (tertiary/aromatic N) is 2. The van der Waals surface area contributed by atoms with Crippen molar-refractivity contribution in [3.63, 3.8) is 0 Å². The number of hydrogen-bond donors (Lipinski definition) is 0. The summed E-state index contributed by atoms with van der Waals surface area (Å²) in [5.41, 5.74) is 0.999. The highest BCUT2D eigenvalue weighted by Crippen LogP contribution is 2.37. The number of thiazole rings is 1. The lowest BCUT2D eigenvalue weighted by Crippen LogP contribution is -2.40. The average molecular weight is 425 g/mol. The number of amides is 1. The highest BCUT2D eigenvalue weighted by molar-refractivity contribution is 7.18. The Morgan fingerprint density at radius 2 is 1.80 bits per heavy atom. The third-order valence-electron chi connectivity index (χ3n) is 6.19. The van der Waals surface area contributed by atoms with Gasteiger partial charge in [-0.15, -0.1) is 24.5 Å². The standard InChI is InChI=1S/C26H36N2OS/c1-3-5-6-7-8-9-11-16-21(4-2)24(26(29)28-19-14-10-15-20-28)25-27-22-17-12-13-18-23(22)30-25/h3-4,12-13,17-18,21,24H,1-2,5-11,14-16,19-20H2/t21-,24+/m1/s1. The van der Waals surface area contributed by atoms with Crippen molar-refractivity contribution in [2.75, 3.05) is 13.1 Å². The van der Waals surface area contributed by atoms with E-state index in [1.807, 2.05) is 30.4 Å². The zero-order valence-corrected chi connectivity index (χ0v) is 19.0. The first kappa shape index (κ1) is 22.7. The van der Waals surface area contributed by atoms with Gasteiger partial charge in [-0.1, -0.05) is 50.0 Å². The molecule has 3 rings (SSSR count). The van der Waals surface area contributed by atoms with Gasteiger partial charge in [0.2, 0.25) is 5.91 Å². The van der Waals surface area contributed by atoms with Gasteiger partial charge in [0, 0.05) is 13.1 Å². The zero-order chi connectivity index (χ0) is 21.2.